The van der Waals surface area contributed by atoms with Gasteiger partial charge in [-0.1, -0.05) is 48.5 Å². The van der Waals surface area contributed by atoms with Crippen molar-refractivity contribution in [1.29, 1.82) is 5.26 Å². The molecule has 0 radical (unpaired) electrons. The van der Waals surface area contributed by atoms with Crippen LogP contribution >= 0.6 is 11.3 Å². The maximum Gasteiger partial charge on any atom is 0.206 e. The van der Waals surface area contributed by atoms with Gasteiger partial charge in [-0.05, 0) is 17.7 Å². The van der Waals surface area contributed by atoms with E-state index in [2.05, 4.69) is 22.7 Å². The zero-order chi connectivity index (χ0) is 17.5. The molecule has 0 fully saturated rings. The highest BCUT2D eigenvalue weighted by Crippen LogP contribution is 2.19. The van der Waals surface area contributed by atoms with Gasteiger partial charge in [-0.15, -0.1) is 17.9 Å². The first-order valence-electron chi connectivity index (χ1n) is 7.73. The summed E-state index contributed by atoms with van der Waals surface area (Å²) in [7, 11) is 0. The van der Waals surface area contributed by atoms with Gasteiger partial charge in [0.1, 0.15) is 0 Å². The van der Waals surface area contributed by atoms with Crippen LogP contribution in [-0.4, -0.2) is 17.4 Å². The molecule has 122 valence electrons. The van der Waals surface area contributed by atoms with Crippen LogP contribution in [0.15, 0.2) is 82.7 Å². The largest absolute Gasteiger partial charge is 0.253 e. The number of thiazole rings is 1. The number of hydrogen-bond acceptors (Lipinski definition) is 4. The average molecular weight is 344 g/mol. The topological polar surface area (TPSA) is 53.4 Å². The highest BCUT2D eigenvalue weighted by Gasteiger charge is 2.06. The summed E-state index contributed by atoms with van der Waals surface area (Å²) in [5.74, 6) is 0. The van der Waals surface area contributed by atoms with E-state index in [4.69, 9.17) is 5.26 Å². The maximum absolute atomic E-state index is 8.88. The summed E-state index contributed by atoms with van der Waals surface area (Å²) in [6.07, 6.45) is 3.53. The molecule has 2 aromatic carbocycles. The first-order chi connectivity index (χ1) is 12.3. The van der Waals surface area contributed by atoms with Crippen LogP contribution < -0.4 is 4.80 Å². The Morgan fingerprint density at radius 2 is 1.88 bits per heavy atom. The molecular formula is C20H16N4S. The highest BCUT2D eigenvalue weighted by atomic mass is 32.1. The Balaban J connectivity index is 2.03. The van der Waals surface area contributed by atoms with Crippen LogP contribution in [0.3, 0.4) is 0 Å². The van der Waals surface area contributed by atoms with E-state index in [1.807, 2.05) is 52.5 Å². The molecule has 5 heteroatoms. The van der Waals surface area contributed by atoms with E-state index in [0.717, 1.165) is 21.6 Å². The maximum atomic E-state index is 8.88. The standard InChI is InChI=1S/C20H16N4S/c1-2-12-22-20-24(19(15-25-20)18-6-4-3-5-7-18)23-14-17-10-8-16(13-21)9-11-17/h2-11,14-15H,1,12H2. The molecule has 4 nitrogen and oxygen atoms in total. The molecule has 3 rings (SSSR count). The van der Waals surface area contributed by atoms with Gasteiger partial charge in [0.2, 0.25) is 4.80 Å². The lowest BCUT2D eigenvalue weighted by atomic mass is 10.2. The fourth-order valence-corrected chi connectivity index (χ4v) is 3.08. The van der Waals surface area contributed by atoms with Crippen LogP contribution in [-0.2, 0) is 0 Å². The zero-order valence-corrected chi connectivity index (χ0v) is 14.4. The van der Waals surface area contributed by atoms with Crippen molar-refractivity contribution < 1.29 is 0 Å². The van der Waals surface area contributed by atoms with Gasteiger partial charge < -0.3 is 0 Å². The summed E-state index contributed by atoms with van der Waals surface area (Å²) in [4.78, 5) is 5.33. The van der Waals surface area contributed by atoms with Crippen molar-refractivity contribution in [1.82, 2.24) is 4.68 Å². The summed E-state index contributed by atoms with van der Waals surface area (Å²) >= 11 is 1.54. The van der Waals surface area contributed by atoms with Crippen molar-refractivity contribution in [2.24, 2.45) is 10.1 Å². The van der Waals surface area contributed by atoms with E-state index in [0.29, 0.717) is 12.1 Å². The third-order valence-corrected chi connectivity index (χ3v) is 4.33. The van der Waals surface area contributed by atoms with Crippen LogP contribution in [0.1, 0.15) is 11.1 Å². The summed E-state index contributed by atoms with van der Waals surface area (Å²) < 4.78 is 1.84. The Kier molecular flexibility index (Phi) is 5.35. The second-order valence-electron chi connectivity index (χ2n) is 5.19. The number of hydrogen-bond donors (Lipinski definition) is 0. The quantitative estimate of drug-likeness (QED) is 0.509. The minimum Gasteiger partial charge on any atom is -0.253 e. The number of rotatable bonds is 5. The summed E-state index contributed by atoms with van der Waals surface area (Å²) in [5, 5.41) is 15.5. The molecule has 0 aliphatic rings. The second-order valence-corrected chi connectivity index (χ2v) is 6.03. The molecule has 1 heterocycles. The van der Waals surface area contributed by atoms with Gasteiger partial charge >= 0.3 is 0 Å². The zero-order valence-electron chi connectivity index (χ0n) is 13.5. The van der Waals surface area contributed by atoms with Crippen molar-refractivity contribution in [2.75, 3.05) is 6.54 Å². The summed E-state index contributed by atoms with van der Waals surface area (Å²) in [6.45, 7) is 4.26. The number of aromatic nitrogens is 1. The van der Waals surface area contributed by atoms with Crippen molar-refractivity contribution in [3.63, 3.8) is 0 Å². The SMILES string of the molecule is C=CCN=c1scc(-c2ccccc2)n1N=Cc1ccc(C#N)cc1. The van der Waals surface area contributed by atoms with Gasteiger partial charge in [-0.25, -0.2) is 4.68 Å². The smallest absolute Gasteiger partial charge is 0.206 e. The number of nitriles is 1. The van der Waals surface area contributed by atoms with Gasteiger partial charge in [-0.3, -0.25) is 4.99 Å². The Morgan fingerprint density at radius 3 is 2.56 bits per heavy atom. The van der Waals surface area contributed by atoms with Gasteiger partial charge in [0.05, 0.1) is 30.1 Å². The van der Waals surface area contributed by atoms with E-state index in [9.17, 15) is 0 Å². The number of benzene rings is 2. The highest BCUT2D eigenvalue weighted by molar-refractivity contribution is 7.07. The third kappa shape index (κ3) is 4.00. The molecule has 25 heavy (non-hydrogen) atoms. The van der Waals surface area contributed by atoms with E-state index in [-0.39, 0.29) is 0 Å². The molecule has 0 aliphatic heterocycles. The van der Waals surface area contributed by atoms with Crippen molar-refractivity contribution in [3.8, 4) is 17.3 Å². The Labute approximate surface area is 150 Å². The fraction of sp³-hybridized carbons (Fsp3) is 0.0500. The van der Waals surface area contributed by atoms with Gasteiger partial charge in [0.25, 0.3) is 0 Å². The predicted molar refractivity (Wildman–Crippen MR) is 103 cm³/mol. The van der Waals surface area contributed by atoms with Gasteiger partial charge in [-0.2, -0.15) is 10.4 Å². The van der Waals surface area contributed by atoms with Crippen LogP contribution in [0, 0.1) is 11.3 Å². The summed E-state index contributed by atoms with van der Waals surface area (Å²) in [5.41, 5.74) is 3.62. The fourth-order valence-electron chi connectivity index (χ4n) is 2.24. The first kappa shape index (κ1) is 16.6. The van der Waals surface area contributed by atoms with Crippen LogP contribution in [0.2, 0.25) is 0 Å². The molecular weight excluding hydrogens is 328 g/mol. The first-order valence-corrected chi connectivity index (χ1v) is 8.61. The second kappa shape index (κ2) is 8.04. The van der Waals surface area contributed by atoms with Crippen molar-refractivity contribution in [3.05, 3.63) is 88.6 Å². The lowest BCUT2D eigenvalue weighted by Crippen LogP contribution is -2.12. The Bertz CT molecular complexity index is 987. The molecule has 0 amide bonds. The Hall–Kier alpha value is -3.23. The Morgan fingerprint density at radius 1 is 1.12 bits per heavy atom. The molecule has 0 saturated carbocycles. The van der Waals surface area contributed by atoms with Crippen LogP contribution in [0.25, 0.3) is 11.3 Å². The number of nitrogens with zero attached hydrogens (tertiary/aromatic N) is 4. The molecule has 0 aliphatic carbocycles. The molecule has 0 atom stereocenters. The lowest BCUT2D eigenvalue weighted by molar-refractivity contribution is 0.840. The molecule has 0 unspecified atom stereocenters. The molecule has 0 saturated heterocycles. The molecule has 0 N–H and O–H groups in total. The minimum atomic E-state index is 0.543. The molecule has 1 aromatic heterocycles. The van der Waals surface area contributed by atoms with Gasteiger partial charge in [0.15, 0.2) is 0 Å². The van der Waals surface area contributed by atoms with E-state index >= 15 is 0 Å². The molecule has 0 bridgehead atoms. The molecule has 3 aromatic rings. The van der Waals surface area contributed by atoms with Crippen LogP contribution in [0.4, 0.5) is 0 Å². The lowest BCUT2D eigenvalue weighted by Gasteiger charge is -2.03. The monoisotopic (exact) mass is 344 g/mol. The normalized spacial score (nSPS) is 11.6. The molecule has 0 spiro atoms. The van der Waals surface area contributed by atoms with E-state index in [1.165, 1.54) is 0 Å². The van der Waals surface area contributed by atoms with Crippen LogP contribution in [0.5, 0.6) is 0 Å². The van der Waals surface area contributed by atoms with E-state index in [1.54, 1.807) is 35.8 Å². The summed E-state index contributed by atoms with van der Waals surface area (Å²) in [6, 6.07) is 19.5. The predicted octanol–water partition coefficient (Wildman–Crippen LogP) is 4.06. The van der Waals surface area contributed by atoms with E-state index < -0.39 is 0 Å². The van der Waals surface area contributed by atoms with Crippen molar-refractivity contribution >= 4 is 17.6 Å². The van der Waals surface area contributed by atoms with Gasteiger partial charge in [0, 0.05) is 10.9 Å². The average Bonchev–Trinajstić information content (AvgIpc) is 3.08. The van der Waals surface area contributed by atoms with Crippen molar-refractivity contribution in [2.45, 2.75) is 0 Å². The third-order valence-electron chi connectivity index (χ3n) is 3.47. The minimum absolute atomic E-state index is 0.543.